The summed E-state index contributed by atoms with van der Waals surface area (Å²) in [4.78, 5) is 12.1. The third-order valence-corrected chi connectivity index (χ3v) is 7.43. The maximum Gasteiger partial charge on any atom is 0.306 e. The fourth-order valence-corrected chi connectivity index (χ4v) is 4.86. The molecular formula is C19H22O6S2. The lowest BCUT2D eigenvalue weighted by atomic mass is 10.2. The van der Waals surface area contributed by atoms with E-state index in [-0.39, 0.29) is 40.7 Å². The van der Waals surface area contributed by atoms with Gasteiger partial charge in [-0.3, -0.25) is 4.79 Å². The minimum atomic E-state index is -3.56. The van der Waals surface area contributed by atoms with Gasteiger partial charge in [-0.25, -0.2) is 16.8 Å². The lowest BCUT2D eigenvalue weighted by molar-refractivity contribution is -0.143. The van der Waals surface area contributed by atoms with Crippen LogP contribution in [0.15, 0.2) is 64.4 Å². The third-order valence-electron chi connectivity index (χ3n) is 3.88. The van der Waals surface area contributed by atoms with Crippen LogP contribution in [0.25, 0.3) is 0 Å². The number of hydrogen-bond acceptors (Lipinski definition) is 6. The minimum Gasteiger partial charge on any atom is -0.466 e. The van der Waals surface area contributed by atoms with Crippen LogP contribution < -0.4 is 0 Å². The monoisotopic (exact) mass is 410 g/mol. The Bertz CT molecular complexity index is 963. The zero-order valence-corrected chi connectivity index (χ0v) is 16.6. The number of carbonyl (C=O) groups excluding carboxylic acids is 1. The second-order valence-corrected chi connectivity index (χ2v) is 10.3. The second kappa shape index (κ2) is 9.14. The van der Waals surface area contributed by atoms with Gasteiger partial charge in [0.25, 0.3) is 0 Å². The highest BCUT2D eigenvalue weighted by molar-refractivity contribution is 7.91. The number of carbonyl (C=O) groups is 1. The van der Waals surface area contributed by atoms with Gasteiger partial charge in [-0.1, -0.05) is 35.9 Å². The molecule has 0 bridgehead atoms. The van der Waals surface area contributed by atoms with E-state index in [0.29, 0.717) is 0 Å². The van der Waals surface area contributed by atoms with E-state index in [1.165, 1.54) is 24.3 Å². The number of benzene rings is 2. The van der Waals surface area contributed by atoms with E-state index in [1.54, 1.807) is 30.3 Å². The van der Waals surface area contributed by atoms with E-state index >= 15 is 0 Å². The molecular weight excluding hydrogens is 388 g/mol. The van der Waals surface area contributed by atoms with Crippen LogP contribution in [0.2, 0.25) is 0 Å². The molecule has 27 heavy (non-hydrogen) atoms. The predicted octanol–water partition coefficient (Wildman–Crippen LogP) is 2.57. The van der Waals surface area contributed by atoms with E-state index in [9.17, 15) is 21.6 Å². The average molecular weight is 411 g/mol. The summed E-state index contributed by atoms with van der Waals surface area (Å²) in [6.07, 6.45) is -0.130. The lowest BCUT2D eigenvalue weighted by Crippen LogP contribution is -2.15. The van der Waals surface area contributed by atoms with E-state index in [2.05, 4.69) is 0 Å². The van der Waals surface area contributed by atoms with E-state index < -0.39 is 25.6 Å². The Labute approximate surface area is 160 Å². The molecule has 0 heterocycles. The molecule has 0 atom stereocenters. The first-order valence-electron chi connectivity index (χ1n) is 8.43. The maximum atomic E-state index is 12.2. The number of sulfone groups is 2. The van der Waals surface area contributed by atoms with Crippen molar-refractivity contribution >= 4 is 25.6 Å². The van der Waals surface area contributed by atoms with Gasteiger partial charge in [0, 0.05) is 0 Å². The van der Waals surface area contributed by atoms with Gasteiger partial charge in [-0.05, 0) is 37.6 Å². The highest BCUT2D eigenvalue weighted by Crippen LogP contribution is 2.14. The number of hydrogen-bond donors (Lipinski definition) is 0. The fraction of sp³-hybridized carbons (Fsp3) is 0.316. The molecule has 0 spiro atoms. The molecule has 2 rings (SSSR count). The van der Waals surface area contributed by atoms with Crippen molar-refractivity contribution in [1.29, 1.82) is 0 Å². The molecule has 6 nitrogen and oxygen atoms in total. The SMILES string of the molecule is Cc1ccc(S(=O)(=O)CCC(=O)OCCCS(=O)(=O)c2ccccc2)cc1. The number of esters is 1. The van der Waals surface area contributed by atoms with Crippen LogP contribution in [0.5, 0.6) is 0 Å². The Morgan fingerprint density at radius 2 is 1.37 bits per heavy atom. The Kier molecular flexibility index (Phi) is 7.15. The van der Waals surface area contributed by atoms with E-state index in [0.717, 1.165) is 5.56 Å². The van der Waals surface area contributed by atoms with Crippen LogP contribution >= 0.6 is 0 Å². The van der Waals surface area contributed by atoms with Crippen LogP contribution in [-0.4, -0.2) is 40.9 Å². The summed E-state index contributed by atoms with van der Waals surface area (Å²) in [6.45, 7) is 1.78. The van der Waals surface area contributed by atoms with Gasteiger partial charge < -0.3 is 4.74 Å². The zero-order chi connectivity index (χ0) is 19.9. The van der Waals surface area contributed by atoms with Crippen LogP contribution in [-0.2, 0) is 29.2 Å². The van der Waals surface area contributed by atoms with Crippen molar-refractivity contribution in [2.75, 3.05) is 18.1 Å². The Morgan fingerprint density at radius 3 is 2.00 bits per heavy atom. The van der Waals surface area contributed by atoms with Crippen molar-refractivity contribution in [3.05, 3.63) is 60.2 Å². The molecule has 8 heteroatoms. The van der Waals surface area contributed by atoms with Gasteiger partial charge in [0.05, 0.1) is 34.3 Å². The van der Waals surface area contributed by atoms with Crippen molar-refractivity contribution in [2.24, 2.45) is 0 Å². The summed E-state index contributed by atoms with van der Waals surface area (Å²) in [5.41, 5.74) is 0.943. The third kappa shape index (κ3) is 6.48. The van der Waals surface area contributed by atoms with Gasteiger partial charge >= 0.3 is 5.97 Å². The van der Waals surface area contributed by atoms with Crippen molar-refractivity contribution in [1.82, 2.24) is 0 Å². The highest BCUT2D eigenvalue weighted by Gasteiger charge is 2.18. The average Bonchev–Trinajstić information content (AvgIpc) is 2.65. The number of ether oxygens (including phenoxy) is 1. The molecule has 0 saturated heterocycles. The number of aryl methyl sites for hydroxylation is 1. The van der Waals surface area contributed by atoms with Crippen molar-refractivity contribution in [3.63, 3.8) is 0 Å². The summed E-state index contributed by atoms with van der Waals surface area (Å²) >= 11 is 0. The van der Waals surface area contributed by atoms with Crippen molar-refractivity contribution < 1.29 is 26.4 Å². The summed E-state index contributed by atoms with van der Waals surface area (Å²) in [5, 5.41) is 0. The topological polar surface area (TPSA) is 94.6 Å². The van der Waals surface area contributed by atoms with E-state index in [4.69, 9.17) is 4.74 Å². The molecule has 0 unspecified atom stereocenters. The quantitative estimate of drug-likeness (QED) is 0.466. The summed E-state index contributed by atoms with van der Waals surface area (Å²) in [6, 6.07) is 14.4. The molecule has 0 aliphatic heterocycles. The second-order valence-electron chi connectivity index (χ2n) is 6.09. The first kappa shape index (κ1) is 21.1. The zero-order valence-electron chi connectivity index (χ0n) is 15.0. The normalized spacial score (nSPS) is 11.9. The number of rotatable bonds is 9. The van der Waals surface area contributed by atoms with Crippen molar-refractivity contribution in [3.8, 4) is 0 Å². The molecule has 146 valence electrons. The summed E-state index contributed by atoms with van der Waals surface area (Å²) in [7, 11) is -6.98. The van der Waals surface area contributed by atoms with Crippen LogP contribution in [0.4, 0.5) is 0 Å². The smallest absolute Gasteiger partial charge is 0.306 e. The molecule has 0 aliphatic carbocycles. The lowest BCUT2D eigenvalue weighted by Gasteiger charge is -2.07. The Morgan fingerprint density at radius 1 is 0.815 bits per heavy atom. The van der Waals surface area contributed by atoms with Crippen LogP contribution in [0.3, 0.4) is 0 Å². The van der Waals surface area contributed by atoms with Gasteiger partial charge in [-0.2, -0.15) is 0 Å². The van der Waals surface area contributed by atoms with E-state index in [1.807, 2.05) is 6.92 Å². The Balaban J connectivity index is 1.76. The first-order valence-corrected chi connectivity index (χ1v) is 11.7. The van der Waals surface area contributed by atoms with Gasteiger partial charge in [0.2, 0.25) is 0 Å². The minimum absolute atomic E-state index is 0.0739. The summed E-state index contributed by atoms with van der Waals surface area (Å²) < 4.78 is 53.5. The van der Waals surface area contributed by atoms with Crippen LogP contribution in [0.1, 0.15) is 18.4 Å². The van der Waals surface area contributed by atoms with Gasteiger partial charge in [-0.15, -0.1) is 0 Å². The summed E-state index contributed by atoms with van der Waals surface area (Å²) in [5.74, 6) is -1.16. The van der Waals surface area contributed by atoms with Gasteiger partial charge in [0.1, 0.15) is 0 Å². The van der Waals surface area contributed by atoms with Crippen LogP contribution in [0, 0.1) is 6.92 Å². The maximum absolute atomic E-state index is 12.2. The molecule has 0 amide bonds. The molecule has 0 aromatic heterocycles. The first-order chi connectivity index (χ1) is 12.7. The van der Waals surface area contributed by atoms with Crippen molar-refractivity contribution in [2.45, 2.75) is 29.6 Å². The molecule has 2 aromatic rings. The molecule has 0 N–H and O–H groups in total. The Hall–Kier alpha value is -2.19. The highest BCUT2D eigenvalue weighted by atomic mass is 32.2. The molecule has 0 radical (unpaired) electrons. The fourth-order valence-electron chi connectivity index (χ4n) is 2.33. The molecule has 0 fully saturated rings. The molecule has 2 aromatic carbocycles. The standard InChI is InChI=1S/C19H22O6S2/c1-16-8-10-18(11-9-16)27(23,24)15-12-19(20)25-13-5-14-26(21,22)17-6-3-2-4-7-17/h2-4,6-11H,5,12-15H2,1H3. The predicted molar refractivity (Wildman–Crippen MR) is 102 cm³/mol. The van der Waals surface area contributed by atoms with Gasteiger partial charge in [0.15, 0.2) is 19.7 Å². The molecule has 0 saturated carbocycles. The molecule has 0 aliphatic rings. The largest absolute Gasteiger partial charge is 0.466 e.